The number of alkyl halides is 3. The van der Waals surface area contributed by atoms with E-state index < -0.39 is 59.5 Å². The van der Waals surface area contributed by atoms with Gasteiger partial charge >= 0.3 is 12.1 Å². The number of hydrogen-bond donors (Lipinski definition) is 3. The van der Waals surface area contributed by atoms with Crippen LogP contribution in [0.15, 0.2) is 0 Å². The average molecular weight is 518 g/mol. The Hall–Kier alpha value is -2.88. The Balaban J connectivity index is 2.26. The molecule has 2 fully saturated rings. The summed E-state index contributed by atoms with van der Waals surface area (Å²) in [5, 5.41) is 16.5. The van der Waals surface area contributed by atoms with Gasteiger partial charge in [0.2, 0.25) is 17.7 Å². The van der Waals surface area contributed by atoms with Crippen molar-refractivity contribution in [2.24, 2.45) is 11.3 Å². The maximum absolute atomic E-state index is 13.5. The molecular formula is C23H34F3N5O5. The first-order chi connectivity index (χ1) is 16.5. The summed E-state index contributed by atoms with van der Waals surface area (Å²) >= 11 is 0. The minimum absolute atomic E-state index is 0.0574. The Morgan fingerprint density at radius 3 is 2.33 bits per heavy atom. The number of ether oxygens (including phenoxy) is 1. The summed E-state index contributed by atoms with van der Waals surface area (Å²) in [5.41, 5.74) is -1.11. The van der Waals surface area contributed by atoms with Gasteiger partial charge in [-0.2, -0.15) is 18.4 Å². The van der Waals surface area contributed by atoms with E-state index in [9.17, 15) is 37.6 Å². The molecule has 0 aliphatic carbocycles. The maximum Gasteiger partial charge on any atom is 0.471 e. The third kappa shape index (κ3) is 7.56. The molecule has 2 aliphatic rings. The van der Waals surface area contributed by atoms with E-state index in [4.69, 9.17) is 4.74 Å². The minimum atomic E-state index is -5.19. The molecule has 0 aromatic carbocycles. The van der Waals surface area contributed by atoms with Crippen LogP contribution in [-0.2, 0) is 23.9 Å². The van der Waals surface area contributed by atoms with E-state index >= 15 is 0 Å². The van der Waals surface area contributed by atoms with Gasteiger partial charge < -0.3 is 25.6 Å². The molecule has 1 unspecified atom stereocenters. The molecule has 36 heavy (non-hydrogen) atoms. The monoisotopic (exact) mass is 517 g/mol. The molecule has 0 bridgehead atoms. The SMILES string of the molecule is CC(C)O[C@@H]1C[C@@H](C(=O)NC(C#N)C[C@H]2CCNC2=O)N(C(=O)[C@@H](NC(=O)C(F)(F)F)C(C)(C)C)C1. The van der Waals surface area contributed by atoms with Gasteiger partial charge in [-0.3, -0.25) is 19.2 Å². The first-order valence-electron chi connectivity index (χ1n) is 11.9. The lowest BCUT2D eigenvalue weighted by Gasteiger charge is -2.35. The number of carbonyl (C=O) groups excluding carboxylic acids is 4. The normalized spacial score (nSPS) is 24.2. The zero-order chi connectivity index (χ0) is 27.4. The van der Waals surface area contributed by atoms with Gasteiger partial charge in [0.05, 0.1) is 18.3 Å². The quantitative estimate of drug-likeness (QED) is 0.439. The lowest BCUT2D eigenvalue weighted by atomic mass is 9.85. The van der Waals surface area contributed by atoms with E-state index in [2.05, 4.69) is 10.6 Å². The molecule has 13 heteroatoms. The van der Waals surface area contributed by atoms with Crippen LogP contribution in [0.25, 0.3) is 0 Å². The van der Waals surface area contributed by atoms with Crippen molar-refractivity contribution >= 4 is 23.6 Å². The van der Waals surface area contributed by atoms with Crippen molar-refractivity contribution in [3.8, 4) is 6.07 Å². The molecule has 2 saturated heterocycles. The van der Waals surface area contributed by atoms with Crippen molar-refractivity contribution in [2.45, 2.75) is 90.4 Å². The topological polar surface area (TPSA) is 141 Å². The highest BCUT2D eigenvalue weighted by molar-refractivity contribution is 5.94. The van der Waals surface area contributed by atoms with Crippen molar-refractivity contribution in [1.29, 1.82) is 5.26 Å². The van der Waals surface area contributed by atoms with Gasteiger partial charge in [0, 0.05) is 25.4 Å². The van der Waals surface area contributed by atoms with Crippen LogP contribution < -0.4 is 16.0 Å². The Labute approximate surface area is 208 Å². The zero-order valence-corrected chi connectivity index (χ0v) is 21.1. The molecule has 10 nitrogen and oxygen atoms in total. The van der Waals surface area contributed by atoms with E-state index in [-0.39, 0.29) is 31.4 Å². The summed E-state index contributed by atoms with van der Waals surface area (Å²) in [6, 6.07) is -1.76. The van der Waals surface area contributed by atoms with E-state index in [1.165, 1.54) is 20.8 Å². The number of nitrogens with one attached hydrogen (secondary N) is 3. The Morgan fingerprint density at radius 1 is 1.22 bits per heavy atom. The summed E-state index contributed by atoms with van der Waals surface area (Å²) < 4.78 is 44.6. The van der Waals surface area contributed by atoms with Crippen LogP contribution in [0.5, 0.6) is 0 Å². The van der Waals surface area contributed by atoms with Crippen LogP contribution in [0.3, 0.4) is 0 Å². The fourth-order valence-corrected chi connectivity index (χ4v) is 4.37. The van der Waals surface area contributed by atoms with Gasteiger partial charge in [0.15, 0.2) is 0 Å². The van der Waals surface area contributed by atoms with E-state index in [1.54, 1.807) is 19.2 Å². The molecule has 4 amide bonds. The Bertz CT molecular complexity index is 896. The molecule has 3 N–H and O–H groups in total. The largest absolute Gasteiger partial charge is 0.471 e. The lowest BCUT2D eigenvalue weighted by molar-refractivity contribution is -0.176. The maximum atomic E-state index is 13.5. The van der Waals surface area contributed by atoms with Gasteiger partial charge in [-0.25, -0.2) is 0 Å². The highest BCUT2D eigenvalue weighted by Gasteiger charge is 2.48. The van der Waals surface area contributed by atoms with Crippen LogP contribution in [0.1, 0.15) is 53.9 Å². The predicted octanol–water partition coefficient (Wildman–Crippen LogP) is 1.01. The van der Waals surface area contributed by atoms with E-state index in [0.717, 1.165) is 4.90 Å². The number of nitriles is 1. The van der Waals surface area contributed by atoms with Crippen molar-refractivity contribution in [2.75, 3.05) is 13.1 Å². The standard InChI is InChI=1S/C23H34F3N5O5/c1-12(2)36-15-9-16(19(33)29-14(10-27)8-13-6-7-28-18(13)32)31(11-15)20(34)17(22(3,4)5)30-21(35)23(24,25)26/h12-17H,6-9,11H2,1-5H3,(H,28,32)(H,29,33)(H,30,35)/t13-,14?,15-,16+,17-/m1/s1. The molecular weight excluding hydrogens is 483 g/mol. The van der Waals surface area contributed by atoms with Crippen LogP contribution in [0, 0.1) is 22.7 Å². The third-order valence-electron chi connectivity index (χ3n) is 6.11. The molecule has 0 aromatic rings. The molecule has 5 atom stereocenters. The van der Waals surface area contributed by atoms with E-state index in [0.29, 0.717) is 13.0 Å². The van der Waals surface area contributed by atoms with Crippen LogP contribution in [0.2, 0.25) is 0 Å². The summed E-state index contributed by atoms with van der Waals surface area (Å²) in [6.45, 7) is 8.42. The van der Waals surface area contributed by atoms with E-state index in [1.807, 2.05) is 6.07 Å². The molecule has 2 heterocycles. The van der Waals surface area contributed by atoms with Gasteiger partial charge in [-0.05, 0) is 32.1 Å². The van der Waals surface area contributed by atoms with Crippen LogP contribution in [0.4, 0.5) is 13.2 Å². The van der Waals surface area contributed by atoms with Crippen molar-refractivity contribution < 1.29 is 37.1 Å². The third-order valence-corrected chi connectivity index (χ3v) is 6.11. The number of nitrogens with zero attached hydrogens (tertiary/aromatic N) is 2. The molecule has 2 rings (SSSR count). The molecule has 0 aromatic heterocycles. The minimum Gasteiger partial charge on any atom is -0.374 e. The van der Waals surface area contributed by atoms with Crippen molar-refractivity contribution in [3.63, 3.8) is 0 Å². The van der Waals surface area contributed by atoms with Gasteiger partial charge in [-0.1, -0.05) is 20.8 Å². The van der Waals surface area contributed by atoms with Gasteiger partial charge in [0.25, 0.3) is 0 Å². The number of halogens is 3. The summed E-state index contributed by atoms with van der Waals surface area (Å²) in [7, 11) is 0. The zero-order valence-electron chi connectivity index (χ0n) is 21.1. The van der Waals surface area contributed by atoms with Crippen LogP contribution >= 0.6 is 0 Å². The van der Waals surface area contributed by atoms with Crippen molar-refractivity contribution in [3.05, 3.63) is 0 Å². The second-order valence-corrected chi connectivity index (χ2v) is 10.5. The second-order valence-electron chi connectivity index (χ2n) is 10.5. The van der Waals surface area contributed by atoms with Gasteiger partial charge in [0.1, 0.15) is 18.1 Å². The average Bonchev–Trinajstić information content (AvgIpc) is 3.34. The summed E-state index contributed by atoms with van der Waals surface area (Å²) in [4.78, 5) is 51.3. The first-order valence-corrected chi connectivity index (χ1v) is 11.9. The fraction of sp³-hybridized carbons (Fsp3) is 0.783. The molecule has 2 aliphatic heterocycles. The highest BCUT2D eigenvalue weighted by Crippen LogP contribution is 2.29. The number of likely N-dealkylation sites (tertiary alicyclic amines) is 1. The molecule has 0 radical (unpaired) electrons. The Kier molecular flexibility index (Phi) is 9.34. The fourth-order valence-electron chi connectivity index (χ4n) is 4.37. The molecule has 0 saturated carbocycles. The number of rotatable bonds is 8. The van der Waals surface area contributed by atoms with Crippen LogP contribution in [-0.4, -0.2) is 78.1 Å². The Morgan fingerprint density at radius 2 is 1.86 bits per heavy atom. The lowest BCUT2D eigenvalue weighted by Crippen LogP contribution is -2.59. The number of amides is 4. The highest BCUT2D eigenvalue weighted by atomic mass is 19.4. The predicted molar refractivity (Wildman–Crippen MR) is 121 cm³/mol. The first kappa shape index (κ1) is 29.4. The smallest absolute Gasteiger partial charge is 0.374 e. The second kappa shape index (κ2) is 11.5. The van der Waals surface area contributed by atoms with Crippen molar-refractivity contribution in [1.82, 2.24) is 20.9 Å². The summed E-state index contributed by atoms with van der Waals surface area (Å²) in [5.74, 6) is -4.45. The number of carbonyl (C=O) groups is 4. The number of hydrogen-bond acceptors (Lipinski definition) is 6. The molecule has 202 valence electrons. The summed E-state index contributed by atoms with van der Waals surface area (Å²) in [6.07, 6.45) is -5.34. The molecule has 0 spiro atoms. The van der Waals surface area contributed by atoms with Gasteiger partial charge in [-0.15, -0.1) is 0 Å².